The summed E-state index contributed by atoms with van der Waals surface area (Å²) in [6.45, 7) is 0. The van der Waals surface area contributed by atoms with Crippen molar-refractivity contribution in [2.24, 2.45) is 7.05 Å². The fourth-order valence-corrected chi connectivity index (χ4v) is 0.591. The Morgan fingerprint density at radius 1 is 1.80 bits per heavy atom. The number of nitriles is 1. The van der Waals surface area contributed by atoms with Gasteiger partial charge in [0, 0.05) is 7.05 Å². The third kappa shape index (κ3) is 1.20. The number of nitrogens with zero attached hydrogens (tertiary/aromatic N) is 3. The third-order valence-electron chi connectivity index (χ3n) is 1.07. The minimum Gasteiger partial charge on any atom is -0.395 e. The van der Waals surface area contributed by atoms with E-state index in [1.165, 1.54) is 10.9 Å². The van der Waals surface area contributed by atoms with Crippen LogP contribution in [0.4, 0.5) is 5.69 Å². The largest absolute Gasteiger partial charge is 0.395 e. The molecule has 0 aliphatic rings. The Morgan fingerprint density at radius 3 is 2.60 bits per heavy atom. The van der Waals surface area contributed by atoms with Crippen LogP contribution in [0, 0.1) is 11.3 Å². The van der Waals surface area contributed by atoms with Crippen molar-refractivity contribution in [3.05, 3.63) is 11.9 Å². The molecule has 0 saturated carbocycles. The van der Waals surface area contributed by atoms with Gasteiger partial charge in [0.25, 0.3) is 0 Å². The van der Waals surface area contributed by atoms with Crippen molar-refractivity contribution in [2.45, 2.75) is 0 Å². The lowest BCUT2D eigenvalue weighted by atomic mass is 10.4. The summed E-state index contributed by atoms with van der Waals surface area (Å²) < 4.78 is 1.44. The molecule has 54 valence electrons. The number of nitrogens with two attached hydrogens (primary N) is 1. The quantitative estimate of drug-likeness (QED) is 0.591. The van der Waals surface area contributed by atoms with E-state index in [9.17, 15) is 0 Å². The van der Waals surface area contributed by atoms with Crippen LogP contribution in [0.25, 0.3) is 0 Å². The Balaban J connectivity index is 0.000000810. The minimum absolute atomic E-state index is 0. The van der Waals surface area contributed by atoms with Gasteiger partial charge in [-0.1, -0.05) is 0 Å². The van der Waals surface area contributed by atoms with E-state index in [1.54, 1.807) is 7.05 Å². The smallest absolute Gasteiger partial charge is 0.161 e. The molecule has 0 atom stereocenters. The topological polar surface area (TPSA) is 67.6 Å². The van der Waals surface area contributed by atoms with Crippen LogP contribution in [-0.4, -0.2) is 9.78 Å². The van der Waals surface area contributed by atoms with Gasteiger partial charge in [-0.25, -0.2) is 0 Å². The molecule has 4 nitrogen and oxygen atoms in total. The molecule has 0 saturated heterocycles. The van der Waals surface area contributed by atoms with Gasteiger partial charge in [0.15, 0.2) is 5.69 Å². The van der Waals surface area contributed by atoms with Crippen LogP contribution in [0.15, 0.2) is 6.20 Å². The van der Waals surface area contributed by atoms with E-state index in [2.05, 4.69) is 5.10 Å². The molecular formula is C5H7ClN4. The van der Waals surface area contributed by atoms with E-state index >= 15 is 0 Å². The number of halogens is 1. The summed E-state index contributed by atoms with van der Waals surface area (Å²) in [6, 6.07) is 1.92. The molecule has 10 heavy (non-hydrogen) atoms. The number of aryl methyl sites for hydroxylation is 1. The van der Waals surface area contributed by atoms with E-state index in [0.29, 0.717) is 11.4 Å². The highest BCUT2D eigenvalue weighted by Crippen LogP contribution is 2.05. The molecule has 1 aromatic heterocycles. The van der Waals surface area contributed by atoms with E-state index in [4.69, 9.17) is 11.0 Å². The van der Waals surface area contributed by atoms with Crippen molar-refractivity contribution in [3.63, 3.8) is 0 Å². The van der Waals surface area contributed by atoms with E-state index in [0.717, 1.165) is 0 Å². The minimum atomic E-state index is 0. The Morgan fingerprint density at radius 2 is 2.40 bits per heavy atom. The Kier molecular flexibility index (Phi) is 2.71. The highest BCUT2D eigenvalue weighted by Gasteiger charge is 2.00. The molecule has 0 amide bonds. The highest BCUT2D eigenvalue weighted by atomic mass is 35.5. The maximum atomic E-state index is 8.40. The Bertz CT molecular complexity index is 240. The molecule has 0 radical (unpaired) electrons. The first-order valence-corrected chi connectivity index (χ1v) is 2.43. The first-order valence-electron chi connectivity index (χ1n) is 2.43. The maximum absolute atomic E-state index is 8.40. The zero-order valence-corrected chi connectivity index (χ0v) is 6.22. The first-order chi connectivity index (χ1) is 4.25. The van der Waals surface area contributed by atoms with Gasteiger partial charge in [-0.15, -0.1) is 12.4 Å². The molecular weight excluding hydrogens is 152 g/mol. The monoisotopic (exact) mass is 158 g/mol. The lowest BCUT2D eigenvalue weighted by Crippen LogP contribution is -1.95. The molecule has 0 unspecified atom stereocenters. The fourth-order valence-electron chi connectivity index (χ4n) is 0.591. The summed E-state index contributed by atoms with van der Waals surface area (Å²) in [4.78, 5) is 0. The number of nitrogen functional groups attached to an aromatic ring is 1. The molecule has 0 aliphatic heterocycles. The van der Waals surface area contributed by atoms with Crippen molar-refractivity contribution >= 4 is 18.1 Å². The van der Waals surface area contributed by atoms with Crippen LogP contribution in [-0.2, 0) is 7.05 Å². The normalized spacial score (nSPS) is 8.00. The van der Waals surface area contributed by atoms with Crippen LogP contribution in [0.2, 0.25) is 0 Å². The summed E-state index contributed by atoms with van der Waals surface area (Å²) in [5.74, 6) is 0. The van der Waals surface area contributed by atoms with Gasteiger partial charge in [-0.2, -0.15) is 10.4 Å². The number of anilines is 1. The van der Waals surface area contributed by atoms with Crippen molar-refractivity contribution in [3.8, 4) is 6.07 Å². The zero-order valence-electron chi connectivity index (χ0n) is 5.40. The molecule has 1 aromatic rings. The fraction of sp³-hybridized carbons (Fsp3) is 0.200. The standard InChI is InChI=1S/C5H6N4.ClH/c1-9-5(2-6)4(7)3-8-9;/h3H,7H2,1H3;1H. The van der Waals surface area contributed by atoms with Crippen molar-refractivity contribution < 1.29 is 0 Å². The molecule has 0 fully saturated rings. The van der Waals surface area contributed by atoms with Crippen LogP contribution >= 0.6 is 12.4 Å². The summed E-state index contributed by atoms with van der Waals surface area (Å²) in [5.41, 5.74) is 6.19. The summed E-state index contributed by atoms with van der Waals surface area (Å²) in [7, 11) is 1.68. The number of rotatable bonds is 0. The van der Waals surface area contributed by atoms with E-state index in [-0.39, 0.29) is 12.4 Å². The van der Waals surface area contributed by atoms with Crippen molar-refractivity contribution in [1.82, 2.24) is 9.78 Å². The summed E-state index contributed by atoms with van der Waals surface area (Å²) in [6.07, 6.45) is 1.46. The lowest BCUT2D eigenvalue weighted by Gasteiger charge is -1.87. The predicted octanol–water partition coefficient (Wildman–Crippen LogP) is 0.296. The predicted molar refractivity (Wildman–Crippen MR) is 39.6 cm³/mol. The summed E-state index contributed by atoms with van der Waals surface area (Å²) >= 11 is 0. The number of aromatic nitrogens is 2. The van der Waals surface area contributed by atoms with Crippen molar-refractivity contribution in [1.29, 1.82) is 5.26 Å². The SMILES string of the molecule is Cl.Cn1ncc(N)c1C#N. The zero-order chi connectivity index (χ0) is 6.85. The van der Waals surface area contributed by atoms with Crippen LogP contribution < -0.4 is 5.73 Å². The van der Waals surface area contributed by atoms with Crippen LogP contribution in [0.3, 0.4) is 0 Å². The van der Waals surface area contributed by atoms with Gasteiger partial charge < -0.3 is 5.73 Å². The van der Waals surface area contributed by atoms with E-state index < -0.39 is 0 Å². The van der Waals surface area contributed by atoms with Gasteiger partial charge in [-0.05, 0) is 0 Å². The van der Waals surface area contributed by atoms with Crippen molar-refractivity contribution in [2.75, 3.05) is 5.73 Å². The van der Waals surface area contributed by atoms with Gasteiger partial charge in [0.1, 0.15) is 6.07 Å². The molecule has 5 heteroatoms. The molecule has 0 bridgehead atoms. The van der Waals surface area contributed by atoms with Gasteiger partial charge >= 0.3 is 0 Å². The second kappa shape index (κ2) is 3.08. The Hall–Kier alpha value is -1.21. The van der Waals surface area contributed by atoms with Gasteiger partial charge in [0.2, 0.25) is 0 Å². The average molecular weight is 159 g/mol. The second-order valence-electron chi connectivity index (χ2n) is 1.68. The lowest BCUT2D eigenvalue weighted by molar-refractivity contribution is 0.756. The number of hydrogen-bond acceptors (Lipinski definition) is 3. The van der Waals surface area contributed by atoms with Gasteiger partial charge in [0.05, 0.1) is 11.9 Å². The highest BCUT2D eigenvalue weighted by molar-refractivity contribution is 5.85. The maximum Gasteiger partial charge on any atom is 0.161 e. The molecule has 0 aromatic carbocycles. The van der Waals surface area contributed by atoms with Gasteiger partial charge in [-0.3, -0.25) is 4.68 Å². The third-order valence-corrected chi connectivity index (χ3v) is 1.07. The molecule has 0 aliphatic carbocycles. The van der Waals surface area contributed by atoms with Crippen LogP contribution in [0.5, 0.6) is 0 Å². The molecule has 1 rings (SSSR count). The molecule has 1 heterocycles. The van der Waals surface area contributed by atoms with E-state index in [1.807, 2.05) is 6.07 Å². The Labute approximate surface area is 64.7 Å². The summed E-state index contributed by atoms with van der Waals surface area (Å²) in [5, 5.41) is 12.2. The average Bonchev–Trinajstić information content (AvgIpc) is 2.12. The number of hydrogen-bond donors (Lipinski definition) is 1. The molecule has 2 N–H and O–H groups in total. The first kappa shape index (κ1) is 8.79. The van der Waals surface area contributed by atoms with Crippen LogP contribution in [0.1, 0.15) is 5.69 Å². The molecule has 0 spiro atoms. The second-order valence-corrected chi connectivity index (χ2v) is 1.68.